The number of rotatable bonds is 5. The second kappa shape index (κ2) is 8.78. The van der Waals surface area contributed by atoms with Gasteiger partial charge in [0, 0.05) is 25.7 Å². The van der Waals surface area contributed by atoms with Crippen molar-refractivity contribution in [2.45, 2.75) is 6.42 Å². The molecule has 29 heavy (non-hydrogen) atoms. The van der Waals surface area contributed by atoms with Crippen molar-refractivity contribution in [1.29, 1.82) is 5.26 Å². The summed E-state index contributed by atoms with van der Waals surface area (Å²) in [5.41, 5.74) is 1.35. The summed E-state index contributed by atoms with van der Waals surface area (Å²) >= 11 is 6.61. The van der Waals surface area contributed by atoms with E-state index in [4.69, 9.17) is 21.4 Å². The highest BCUT2D eigenvalue weighted by atomic mass is 32.2. The molecule has 7 nitrogen and oxygen atoms in total. The molecular formula is C20H18N4O3S2. The second-order valence-corrected chi connectivity index (χ2v) is 8.16. The van der Waals surface area contributed by atoms with E-state index in [9.17, 15) is 10.1 Å². The van der Waals surface area contributed by atoms with E-state index in [-0.39, 0.29) is 17.5 Å². The molecule has 0 N–H and O–H groups in total. The smallest absolute Gasteiger partial charge is 0.266 e. The van der Waals surface area contributed by atoms with Gasteiger partial charge in [0.25, 0.3) is 5.91 Å². The molecule has 2 fully saturated rings. The number of thioether (sulfide) groups is 1. The van der Waals surface area contributed by atoms with Crippen molar-refractivity contribution in [2.24, 2.45) is 0 Å². The number of nitrogens with zero attached hydrogens (tertiary/aromatic N) is 4. The predicted octanol–water partition coefficient (Wildman–Crippen LogP) is 2.83. The summed E-state index contributed by atoms with van der Waals surface area (Å²) in [6.45, 7) is 2.91. The lowest BCUT2D eigenvalue weighted by Gasteiger charge is -2.25. The van der Waals surface area contributed by atoms with Crippen LogP contribution in [0.5, 0.6) is 0 Å². The molecule has 0 radical (unpaired) electrons. The number of ether oxygens (including phenoxy) is 1. The minimum atomic E-state index is -0.166. The number of nitriles is 1. The maximum Gasteiger partial charge on any atom is 0.266 e. The molecule has 3 heterocycles. The molecule has 9 heteroatoms. The largest absolute Gasteiger partial charge is 0.420 e. The van der Waals surface area contributed by atoms with Crippen molar-refractivity contribution >= 4 is 46.2 Å². The molecule has 4 rings (SSSR count). The highest BCUT2D eigenvalue weighted by Gasteiger charge is 2.32. The number of carbonyl (C=O) groups excluding carboxylic acids is 1. The van der Waals surface area contributed by atoms with Gasteiger partial charge in [-0.15, -0.1) is 0 Å². The normalized spacial score (nSPS) is 18.5. The fraction of sp³-hybridized carbons (Fsp3) is 0.300. The van der Waals surface area contributed by atoms with Crippen LogP contribution < -0.4 is 4.90 Å². The molecule has 2 aromatic rings. The average molecular weight is 427 g/mol. The zero-order valence-corrected chi connectivity index (χ0v) is 17.2. The third kappa shape index (κ3) is 4.34. The summed E-state index contributed by atoms with van der Waals surface area (Å²) in [7, 11) is 0. The van der Waals surface area contributed by atoms with Gasteiger partial charge >= 0.3 is 0 Å². The van der Waals surface area contributed by atoms with Gasteiger partial charge in [0.2, 0.25) is 17.5 Å². The van der Waals surface area contributed by atoms with E-state index in [1.165, 1.54) is 11.8 Å². The first kappa shape index (κ1) is 19.6. The molecule has 0 aliphatic carbocycles. The minimum Gasteiger partial charge on any atom is -0.420 e. The van der Waals surface area contributed by atoms with Gasteiger partial charge in [-0.05, 0) is 12.0 Å². The molecule has 0 unspecified atom stereocenters. The summed E-state index contributed by atoms with van der Waals surface area (Å²) in [6.07, 6.45) is 2.28. The molecule has 0 saturated carbocycles. The summed E-state index contributed by atoms with van der Waals surface area (Å²) in [4.78, 5) is 21.0. The van der Waals surface area contributed by atoms with Crippen LogP contribution in [0.4, 0.5) is 5.88 Å². The van der Waals surface area contributed by atoms with Crippen molar-refractivity contribution in [3.8, 4) is 6.07 Å². The van der Waals surface area contributed by atoms with Crippen LogP contribution in [0.3, 0.4) is 0 Å². The Hall–Kier alpha value is -2.67. The molecule has 0 atom stereocenters. The Bertz CT molecular complexity index is 991. The maximum absolute atomic E-state index is 12.8. The predicted molar refractivity (Wildman–Crippen MR) is 114 cm³/mol. The number of amides is 1. The molecule has 1 aromatic carbocycles. The fourth-order valence-electron chi connectivity index (χ4n) is 3.13. The van der Waals surface area contributed by atoms with Gasteiger partial charge in [0.1, 0.15) is 10.4 Å². The van der Waals surface area contributed by atoms with Crippen molar-refractivity contribution < 1.29 is 13.9 Å². The summed E-state index contributed by atoms with van der Waals surface area (Å²) in [5, 5.41) is 9.39. The van der Waals surface area contributed by atoms with Gasteiger partial charge in [-0.3, -0.25) is 9.69 Å². The van der Waals surface area contributed by atoms with E-state index < -0.39 is 0 Å². The highest BCUT2D eigenvalue weighted by molar-refractivity contribution is 8.26. The molecule has 2 aliphatic heterocycles. The Morgan fingerprint density at radius 2 is 2.03 bits per heavy atom. The minimum absolute atomic E-state index is 0.166. The number of aromatic nitrogens is 1. The van der Waals surface area contributed by atoms with Gasteiger partial charge in [0.15, 0.2) is 0 Å². The van der Waals surface area contributed by atoms with E-state index in [0.29, 0.717) is 48.0 Å². The third-order valence-corrected chi connectivity index (χ3v) is 6.00. The van der Waals surface area contributed by atoms with Crippen molar-refractivity contribution in [3.63, 3.8) is 0 Å². The van der Waals surface area contributed by atoms with Crippen LogP contribution in [-0.4, -0.2) is 53.0 Å². The summed E-state index contributed by atoms with van der Waals surface area (Å²) in [6, 6.07) is 12.0. The zero-order chi connectivity index (χ0) is 20.2. The van der Waals surface area contributed by atoms with Crippen LogP contribution in [0.15, 0.2) is 39.7 Å². The third-order valence-electron chi connectivity index (χ3n) is 4.63. The van der Waals surface area contributed by atoms with E-state index in [0.717, 1.165) is 12.0 Å². The fourth-order valence-corrected chi connectivity index (χ4v) is 4.41. The number of morpholine rings is 1. The van der Waals surface area contributed by atoms with E-state index in [1.807, 2.05) is 35.2 Å². The number of benzene rings is 1. The van der Waals surface area contributed by atoms with Crippen LogP contribution in [0.1, 0.15) is 17.1 Å². The monoisotopic (exact) mass is 426 g/mol. The lowest BCUT2D eigenvalue weighted by atomic mass is 10.1. The highest BCUT2D eigenvalue weighted by Crippen LogP contribution is 2.33. The lowest BCUT2D eigenvalue weighted by Crippen LogP contribution is -2.36. The van der Waals surface area contributed by atoms with Crippen LogP contribution in [-0.2, 0) is 16.0 Å². The van der Waals surface area contributed by atoms with Gasteiger partial charge < -0.3 is 14.1 Å². The Morgan fingerprint density at radius 3 is 2.76 bits per heavy atom. The van der Waals surface area contributed by atoms with E-state index in [2.05, 4.69) is 11.1 Å². The van der Waals surface area contributed by atoms with Crippen molar-refractivity contribution in [2.75, 3.05) is 37.7 Å². The topological polar surface area (TPSA) is 82.6 Å². The number of oxazole rings is 1. The molecule has 148 valence electrons. The Kier molecular flexibility index (Phi) is 5.94. The Labute approximate surface area is 177 Å². The van der Waals surface area contributed by atoms with Crippen LogP contribution in [0.2, 0.25) is 0 Å². The second-order valence-electron chi connectivity index (χ2n) is 6.49. The molecule has 1 amide bonds. The number of carbonyl (C=O) groups is 1. The first-order chi connectivity index (χ1) is 14.2. The van der Waals surface area contributed by atoms with E-state index in [1.54, 1.807) is 11.0 Å². The van der Waals surface area contributed by atoms with Gasteiger partial charge in [-0.1, -0.05) is 54.3 Å². The first-order valence-electron chi connectivity index (χ1n) is 9.18. The number of hydrogen-bond donors (Lipinski definition) is 0. The average Bonchev–Trinajstić information content (AvgIpc) is 3.28. The standard InChI is InChI=1S/C20H18N4O3S2/c21-13-15-19(23-8-10-26-11-9-23)27-17(22-15)12-16-18(25)24(20(28)29-16)7-6-14-4-2-1-3-5-14/h1-5,12H,6-11H2/b16-12+. The zero-order valence-electron chi connectivity index (χ0n) is 15.5. The molecule has 0 bridgehead atoms. The quantitative estimate of drug-likeness (QED) is 0.533. The van der Waals surface area contributed by atoms with Gasteiger partial charge in [0.05, 0.1) is 18.1 Å². The van der Waals surface area contributed by atoms with Gasteiger partial charge in [-0.25, -0.2) is 0 Å². The number of anilines is 1. The summed E-state index contributed by atoms with van der Waals surface area (Å²) < 4.78 is 11.6. The SMILES string of the molecule is N#Cc1nc(/C=C2/SC(=S)N(CCc3ccccc3)C2=O)oc1N1CCOCC1. The molecule has 0 spiro atoms. The van der Waals surface area contributed by atoms with Crippen LogP contribution in [0, 0.1) is 11.3 Å². The van der Waals surface area contributed by atoms with Crippen LogP contribution >= 0.6 is 24.0 Å². The van der Waals surface area contributed by atoms with Crippen LogP contribution in [0.25, 0.3) is 6.08 Å². The lowest BCUT2D eigenvalue weighted by molar-refractivity contribution is -0.122. The van der Waals surface area contributed by atoms with Crippen molar-refractivity contribution in [1.82, 2.24) is 9.88 Å². The first-order valence-corrected chi connectivity index (χ1v) is 10.4. The van der Waals surface area contributed by atoms with Gasteiger partial charge in [-0.2, -0.15) is 10.2 Å². The summed E-state index contributed by atoms with van der Waals surface area (Å²) in [5.74, 6) is 0.480. The number of thiocarbonyl (C=S) groups is 1. The maximum atomic E-state index is 12.8. The van der Waals surface area contributed by atoms with E-state index >= 15 is 0 Å². The molecule has 1 aromatic heterocycles. The van der Waals surface area contributed by atoms with Crippen molar-refractivity contribution in [3.05, 3.63) is 52.4 Å². The molecular weight excluding hydrogens is 408 g/mol. The molecule has 2 aliphatic rings. The molecule has 2 saturated heterocycles. The Balaban J connectivity index is 1.49. The number of hydrogen-bond acceptors (Lipinski definition) is 8. The Morgan fingerprint density at radius 1 is 1.28 bits per heavy atom.